The molecule has 126 valence electrons. The van der Waals surface area contributed by atoms with Crippen LogP contribution in [0.4, 0.5) is 0 Å². The zero-order chi connectivity index (χ0) is 17.9. The van der Waals surface area contributed by atoms with E-state index in [0.717, 1.165) is 11.1 Å². The van der Waals surface area contributed by atoms with Crippen LogP contribution in [-0.2, 0) is 11.2 Å². The first kappa shape index (κ1) is 18.3. The first-order valence-electron chi connectivity index (χ1n) is 7.38. The lowest BCUT2D eigenvalue weighted by atomic mass is 10.0. The third kappa shape index (κ3) is 4.73. The second-order valence-corrected chi connectivity index (χ2v) is 6.59. The fourth-order valence-corrected chi connectivity index (χ4v) is 2.96. The van der Waals surface area contributed by atoms with Gasteiger partial charge in [-0.2, -0.15) is 0 Å². The van der Waals surface area contributed by atoms with E-state index in [0.29, 0.717) is 21.2 Å². The number of nitrogens with two attached hydrogens (primary N) is 1. The molecule has 3 N–H and O–H groups in total. The molecule has 0 aliphatic carbocycles. The van der Waals surface area contributed by atoms with E-state index >= 15 is 0 Å². The van der Waals surface area contributed by atoms with E-state index in [2.05, 4.69) is 5.32 Å². The number of carbonyl (C=O) groups is 2. The molecular formula is C18H18Cl2N2O2. The van der Waals surface area contributed by atoms with Gasteiger partial charge < -0.3 is 11.1 Å². The van der Waals surface area contributed by atoms with Crippen molar-refractivity contribution in [3.05, 3.63) is 68.7 Å². The highest BCUT2D eigenvalue weighted by Crippen LogP contribution is 2.22. The molecule has 4 nitrogen and oxygen atoms in total. The highest BCUT2D eigenvalue weighted by Gasteiger charge is 2.21. The van der Waals surface area contributed by atoms with Crippen molar-refractivity contribution in [2.24, 2.45) is 5.73 Å². The van der Waals surface area contributed by atoms with Gasteiger partial charge in [-0.3, -0.25) is 9.59 Å². The molecule has 0 radical (unpaired) electrons. The van der Waals surface area contributed by atoms with Crippen molar-refractivity contribution in [3.8, 4) is 0 Å². The third-order valence-corrected chi connectivity index (χ3v) is 4.16. The molecule has 0 spiro atoms. The Labute approximate surface area is 150 Å². The normalized spacial score (nSPS) is 11.8. The molecule has 24 heavy (non-hydrogen) atoms. The average molecular weight is 365 g/mol. The Bertz CT molecular complexity index is 770. The minimum Gasteiger partial charge on any atom is -0.368 e. The van der Waals surface area contributed by atoms with Crippen LogP contribution in [0.5, 0.6) is 0 Å². The predicted octanol–water partition coefficient (Wildman–Crippen LogP) is 3.44. The van der Waals surface area contributed by atoms with Gasteiger partial charge in [0.2, 0.25) is 5.91 Å². The number of nitrogens with one attached hydrogen (secondary N) is 1. The quantitative estimate of drug-likeness (QED) is 0.852. The van der Waals surface area contributed by atoms with Crippen LogP contribution in [-0.4, -0.2) is 17.9 Å². The largest absolute Gasteiger partial charge is 0.368 e. The molecule has 0 aromatic heterocycles. The van der Waals surface area contributed by atoms with Gasteiger partial charge in [0.15, 0.2) is 0 Å². The predicted molar refractivity (Wildman–Crippen MR) is 96.5 cm³/mol. The van der Waals surface area contributed by atoms with Gasteiger partial charge >= 0.3 is 0 Å². The molecule has 0 saturated heterocycles. The van der Waals surface area contributed by atoms with Crippen LogP contribution in [0.25, 0.3) is 0 Å². The van der Waals surface area contributed by atoms with Gasteiger partial charge in [-0.05, 0) is 43.7 Å². The molecule has 2 rings (SSSR count). The van der Waals surface area contributed by atoms with Gasteiger partial charge in [0.25, 0.3) is 5.91 Å². The monoisotopic (exact) mass is 364 g/mol. The Hall–Kier alpha value is -2.04. The molecule has 0 unspecified atom stereocenters. The molecule has 0 fully saturated rings. The summed E-state index contributed by atoms with van der Waals surface area (Å²) >= 11 is 12.0. The van der Waals surface area contributed by atoms with Crippen LogP contribution in [0.3, 0.4) is 0 Å². The van der Waals surface area contributed by atoms with Crippen molar-refractivity contribution in [2.45, 2.75) is 26.3 Å². The summed E-state index contributed by atoms with van der Waals surface area (Å²) < 4.78 is 0. The number of amides is 2. The number of benzene rings is 2. The van der Waals surface area contributed by atoms with Gasteiger partial charge in [0, 0.05) is 22.0 Å². The highest BCUT2D eigenvalue weighted by atomic mass is 35.5. The first-order valence-corrected chi connectivity index (χ1v) is 8.14. The number of carbonyl (C=O) groups excluding carboxylic acids is 2. The molecular weight excluding hydrogens is 347 g/mol. The molecule has 0 bridgehead atoms. The van der Waals surface area contributed by atoms with Crippen LogP contribution in [0.1, 0.15) is 27.0 Å². The summed E-state index contributed by atoms with van der Waals surface area (Å²) in [5, 5.41) is 3.60. The highest BCUT2D eigenvalue weighted by molar-refractivity contribution is 6.35. The smallest absolute Gasteiger partial charge is 0.251 e. The molecule has 2 amide bonds. The summed E-state index contributed by atoms with van der Waals surface area (Å²) in [6.07, 6.45) is 0.196. The lowest BCUT2D eigenvalue weighted by Gasteiger charge is -2.17. The Balaban J connectivity index is 2.19. The summed E-state index contributed by atoms with van der Waals surface area (Å²) in [6, 6.07) is 9.59. The van der Waals surface area contributed by atoms with Gasteiger partial charge in [-0.1, -0.05) is 46.5 Å². The summed E-state index contributed by atoms with van der Waals surface area (Å²) in [7, 11) is 0. The van der Waals surface area contributed by atoms with Crippen molar-refractivity contribution < 1.29 is 9.59 Å². The number of hydrogen-bond acceptors (Lipinski definition) is 2. The zero-order valence-corrected chi connectivity index (χ0v) is 14.9. The van der Waals surface area contributed by atoms with Crippen molar-refractivity contribution >= 4 is 35.0 Å². The standard InChI is InChI=1S/C18H18Cl2N2O2/c1-10-5-11(2)7-13(6-10)18(24)22-16(17(21)23)8-12-3-4-14(19)9-15(12)20/h3-7,9,16H,8H2,1-2H3,(H2,21,23)(H,22,24)/t16-/m1/s1. The van der Waals surface area contributed by atoms with Crippen molar-refractivity contribution in [2.75, 3.05) is 0 Å². The second-order valence-electron chi connectivity index (χ2n) is 5.74. The molecule has 0 saturated carbocycles. The number of rotatable bonds is 5. The Morgan fingerprint density at radius 3 is 2.25 bits per heavy atom. The Kier molecular flexibility index (Phi) is 5.86. The molecule has 2 aromatic rings. The molecule has 2 aromatic carbocycles. The second kappa shape index (κ2) is 7.69. The van der Waals surface area contributed by atoms with E-state index in [1.165, 1.54) is 0 Å². The number of hydrogen-bond donors (Lipinski definition) is 2. The van der Waals surface area contributed by atoms with E-state index in [1.54, 1.807) is 30.3 Å². The maximum atomic E-state index is 12.4. The summed E-state index contributed by atoms with van der Waals surface area (Å²) in [5.41, 5.74) is 8.54. The maximum absolute atomic E-state index is 12.4. The Morgan fingerprint density at radius 2 is 1.71 bits per heavy atom. The van der Waals surface area contributed by atoms with Crippen LogP contribution in [0.15, 0.2) is 36.4 Å². The summed E-state index contributed by atoms with van der Waals surface area (Å²) in [6.45, 7) is 3.81. The number of aryl methyl sites for hydroxylation is 2. The molecule has 0 aliphatic rings. The number of halogens is 2. The van der Waals surface area contributed by atoms with E-state index in [-0.39, 0.29) is 12.3 Å². The summed E-state index contributed by atoms with van der Waals surface area (Å²) in [5.74, 6) is -0.977. The number of primary amides is 1. The topological polar surface area (TPSA) is 72.2 Å². The van der Waals surface area contributed by atoms with Crippen LogP contribution in [0.2, 0.25) is 10.0 Å². The van der Waals surface area contributed by atoms with E-state index in [9.17, 15) is 9.59 Å². The van der Waals surface area contributed by atoms with E-state index in [1.807, 2.05) is 19.9 Å². The van der Waals surface area contributed by atoms with Crippen molar-refractivity contribution in [1.82, 2.24) is 5.32 Å². The first-order chi connectivity index (χ1) is 11.3. The molecule has 1 atom stereocenters. The fourth-order valence-electron chi connectivity index (χ4n) is 2.48. The van der Waals surface area contributed by atoms with Crippen molar-refractivity contribution in [1.29, 1.82) is 0 Å². The lowest BCUT2D eigenvalue weighted by molar-refractivity contribution is -0.119. The fraction of sp³-hybridized carbons (Fsp3) is 0.222. The zero-order valence-electron chi connectivity index (χ0n) is 13.4. The third-order valence-electron chi connectivity index (χ3n) is 3.57. The van der Waals surface area contributed by atoms with Crippen molar-refractivity contribution in [3.63, 3.8) is 0 Å². The van der Waals surface area contributed by atoms with Gasteiger partial charge in [0.1, 0.15) is 6.04 Å². The van der Waals surface area contributed by atoms with Crippen LogP contribution < -0.4 is 11.1 Å². The van der Waals surface area contributed by atoms with E-state index in [4.69, 9.17) is 28.9 Å². The SMILES string of the molecule is Cc1cc(C)cc(C(=O)N[C@H](Cc2ccc(Cl)cc2Cl)C(N)=O)c1. The van der Waals surface area contributed by atoms with Gasteiger partial charge in [0.05, 0.1) is 0 Å². The summed E-state index contributed by atoms with van der Waals surface area (Å²) in [4.78, 5) is 24.1. The lowest BCUT2D eigenvalue weighted by Crippen LogP contribution is -2.45. The van der Waals surface area contributed by atoms with Crippen LogP contribution in [0, 0.1) is 13.8 Å². The minimum absolute atomic E-state index is 0.196. The van der Waals surface area contributed by atoms with Gasteiger partial charge in [-0.25, -0.2) is 0 Å². The van der Waals surface area contributed by atoms with E-state index < -0.39 is 11.9 Å². The Morgan fingerprint density at radius 1 is 1.08 bits per heavy atom. The average Bonchev–Trinajstić information content (AvgIpc) is 2.47. The minimum atomic E-state index is -0.864. The molecule has 6 heteroatoms. The molecule has 0 aliphatic heterocycles. The maximum Gasteiger partial charge on any atom is 0.251 e. The van der Waals surface area contributed by atoms with Crippen LogP contribution >= 0.6 is 23.2 Å². The van der Waals surface area contributed by atoms with Gasteiger partial charge in [-0.15, -0.1) is 0 Å². The molecule has 0 heterocycles.